The Balaban J connectivity index is 2.37. The summed E-state index contributed by atoms with van der Waals surface area (Å²) in [6.07, 6.45) is 0. The van der Waals surface area contributed by atoms with Crippen LogP contribution in [0.1, 0.15) is 0 Å². The highest BCUT2D eigenvalue weighted by Crippen LogP contribution is 2.30. The Hall–Kier alpha value is -1.45. The van der Waals surface area contributed by atoms with Gasteiger partial charge in [-0.15, -0.1) is 0 Å². The molecule has 0 atom stereocenters. The molecule has 0 aliphatic heterocycles. The fraction of sp³-hybridized carbons (Fsp3) is 0.143. The van der Waals surface area contributed by atoms with Crippen molar-refractivity contribution in [1.29, 1.82) is 0 Å². The van der Waals surface area contributed by atoms with E-state index in [4.69, 9.17) is 4.74 Å². The highest BCUT2D eigenvalue weighted by Gasteiger charge is 2.04. The number of benzene rings is 2. The van der Waals surface area contributed by atoms with Crippen molar-refractivity contribution in [2.75, 3.05) is 14.2 Å². The van der Waals surface area contributed by atoms with Crippen molar-refractivity contribution in [2.45, 2.75) is 4.90 Å². The second-order valence-corrected chi connectivity index (χ2v) is 4.58. The van der Waals surface area contributed by atoms with Crippen LogP contribution in [0.4, 0.5) is 0 Å². The van der Waals surface area contributed by atoms with Gasteiger partial charge in [-0.3, -0.25) is 4.72 Å². The molecule has 17 heavy (non-hydrogen) atoms. The van der Waals surface area contributed by atoms with Crippen LogP contribution in [0.25, 0.3) is 11.1 Å². The predicted octanol–water partition coefficient (Wildman–Crippen LogP) is 3.59. The first-order valence-electron chi connectivity index (χ1n) is 5.42. The van der Waals surface area contributed by atoms with Gasteiger partial charge in [-0.25, -0.2) is 0 Å². The van der Waals surface area contributed by atoms with Crippen LogP contribution in [0.5, 0.6) is 5.75 Å². The fourth-order valence-corrected chi connectivity index (χ4v) is 2.34. The largest absolute Gasteiger partial charge is 0.497 e. The van der Waals surface area contributed by atoms with Crippen molar-refractivity contribution in [3.05, 3.63) is 48.5 Å². The van der Waals surface area contributed by atoms with Crippen molar-refractivity contribution >= 4 is 11.9 Å². The second kappa shape index (κ2) is 5.75. The molecule has 2 aromatic rings. The molecule has 0 unspecified atom stereocenters. The van der Waals surface area contributed by atoms with Crippen LogP contribution in [-0.2, 0) is 0 Å². The maximum absolute atomic E-state index is 5.17. The normalized spacial score (nSPS) is 10.2. The van der Waals surface area contributed by atoms with Crippen LogP contribution < -0.4 is 9.46 Å². The zero-order valence-electron chi connectivity index (χ0n) is 9.94. The van der Waals surface area contributed by atoms with E-state index in [9.17, 15) is 0 Å². The number of nitrogens with one attached hydrogen (secondary N) is 1. The van der Waals surface area contributed by atoms with Crippen LogP contribution in [0.2, 0.25) is 0 Å². The van der Waals surface area contributed by atoms with E-state index in [1.165, 1.54) is 16.0 Å². The molecule has 3 heteroatoms. The van der Waals surface area contributed by atoms with Gasteiger partial charge < -0.3 is 4.74 Å². The van der Waals surface area contributed by atoms with Gasteiger partial charge in [0.1, 0.15) is 5.75 Å². The zero-order chi connectivity index (χ0) is 12.1. The Kier molecular flexibility index (Phi) is 4.07. The van der Waals surface area contributed by atoms with Crippen LogP contribution in [-0.4, -0.2) is 14.2 Å². The van der Waals surface area contributed by atoms with Crippen molar-refractivity contribution in [2.24, 2.45) is 0 Å². The Labute approximate surface area is 106 Å². The zero-order valence-corrected chi connectivity index (χ0v) is 10.8. The lowest BCUT2D eigenvalue weighted by molar-refractivity contribution is 0.415. The molecule has 0 aliphatic rings. The fourth-order valence-electron chi connectivity index (χ4n) is 1.67. The first-order chi connectivity index (χ1) is 8.35. The van der Waals surface area contributed by atoms with E-state index in [-0.39, 0.29) is 0 Å². The second-order valence-electron chi connectivity index (χ2n) is 3.53. The van der Waals surface area contributed by atoms with Crippen LogP contribution in [0.3, 0.4) is 0 Å². The van der Waals surface area contributed by atoms with Crippen molar-refractivity contribution in [1.82, 2.24) is 4.72 Å². The van der Waals surface area contributed by atoms with Crippen LogP contribution in [0.15, 0.2) is 53.4 Å². The van der Waals surface area contributed by atoms with Gasteiger partial charge >= 0.3 is 0 Å². The molecule has 0 saturated carbocycles. The molecule has 0 amide bonds. The molecule has 2 rings (SSSR count). The molecule has 0 fully saturated rings. The van der Waals surface area contributed by atoms with E-state index < -0.39 is 0 Å². The van der Waals surface area contributed by atoms with Crippen molar-refractivity contribution < 1.29 is 4.74 Å². The number of ether oxygens (including phenoxy) is 1. The van der Waals surface area contributed by atoms with Gasteiger partial charge in [0.15, 0.2) is 0 Å². The highest BCUT2D eigenvalue weighted by atomic mass is 32.2. The minimum Gasteiger partial charge on any atom is -0.497 e. The number of rotatable bonds is 4. The molecule has 0 spiro atoms. The summed E-state index contributed by atoms with van der Waals surface area (Å²) in [6, 6.07) is 16.5. The van der Waals surface area contributed by atoms with E-state index in [1.54, 1.807) is 19.1 Å². The lowest BCUT2D eigenvalue weighted by atomic mass is 10.1. The van der Waals surface area contributed by atoms with Gasteiger partial charge in [-0.1, -0.05) is 30.3 Å². The summed E-state index contributed by atoms with van der Waals surface area (Å²) in [5.41, 5.74) is 2.43. The monoisotopic (exact) mass is 245 g/mol. The molecule has 0 aliphatic carbocycles. The molecule has 0 saturated heterocycles. The van der Waals surface area contributed by atoms with Gasteiger partial charge in [-0.05, 0) is 48.3 Å². The van der Waals surface area contributed by atoms with E-state index in [0.29, 0.717) is 0 Å². The average molecular weight is 245 g/mol. The summed E-state index contributed by atoms with van der Waals surface area (Å²) in [6.45, 7) is 0. The lowest BCUT2D eigenvalue weighted by Gasteiger charge is -2.09. The molecular formula is C14H15NOS. The lowest BCUT2D eigenvalue weighted by Crippen LogP contribution is -1.92. The molecule has 0 heterocycles. The maximum atomic E-state index is 5.17. The Morgan fingerprint density at radius 3 is 2.35 bits per heavy atom. The summed E-state index contributed by atoms with van der Waals surface area (Å²) >= 11 is 1.63. The van der Waals surface area contributed by atoms with Gasteiger partial charge in [-0.2, -0.15) is 0 Å². The molecular weight excluding hydrogens is 230 g/mol. The minimum absolute atomic E-state index is 0.882. The molecule has 0 aromatic heterocycles. The minimum atomic E-state index is 0.882. The summed E-state index contributed by atoms with van der Waals surface area (Å²) in [5, 5.41) is 0. The van der Waals surface area contributed by atoms with E-state index in [0.717, 1.165) is 5.75 Å². The quantitative estimate of drug-likeness (QED) is 0.832. The van der Waals surface area contributed by atoms with E-state index in [1.807, 2.05) is 25.2 Å². The van der Waals surface area contributed by atoms with Gasteiger partial charge in [0.25, 0.3) is 0 Å². The molecule has 0 bridgehead atoms. The third-order valence-electron chi connectivity index (χ3n) is 2.50. The highest BCUT2D eigenvalue weighted by molar-refractivity contribution is 7.97. The Bertz CT molecular complexity index is 482. The summed E-state index contributed by atoms with van der Waals surface area (Å²) in [7, 11) is 3.61. The van der Waals surface area contributed by atoms with Gasteiger partial charge in [0, 0.05) is 4.90 Å². The Morgan fingerprint density at radius 1 is 1.00 bits per heavy atom. The average Bonchev–Trinajstić information content (AvgIpc) is 2.40. The predicted molar refractivity (Wildman–Crippen MR) is 73.3 cm³/mol. The summed E-state index contributed by atoms with van der Waals surface area (Å²) in [4.78, 5) is 1.22. The molecule has 88 valence electrons. The first-order valence-corrected chi connectivity index (χ1v) is 6.24. The first kappa shape index (κ1) is 12.0. The third kappa shape index (κ3) is 2.81. The molecule has 0 radical (unpaired) electrons. The van der Waals surface area contributed by atoms with Gasteiger partial charge in [0.05, 0.1) is 7.11 Å². The van der Waals surface area contributed by atoms with Crippen molar-refractivity contribution in [3.8, 4) is 16.9 Å². The SMILES string of the molecule is CNSc1ccccc1-c1ccc(OC)cc1. The maximum Gasteiger partial charge on any atom is 0.118 e. The summed E-state index contributed by atoms with van der Waals surface area (Å²) in [5.74, 6) is 0.882. The molecule has 2 aromatic carbocycles. The topological polar surface area (TPSA) is 21.3 Å². The van der Waals surface area contributed by atoms with Gasteiger partial charge in [0.2, 0.25) is 0 Å². The molecule has 2 nitrogen and oxygen atoms in total. The number of methoxy groups -OCH3 is 1. The smallest absolute Gasteiger partial charge is 0.118 e. The Morgan fingerprint density at radius 2 is 1.71 bits per heavy atom. The van der Waals surface area contributed by atoms with Crippen LogP contribution in [0, 0.1) is 0 Å². The van der Waals surface area contributed by atoms with E-state index >= 15 is 0 Å². The number of hydrogen-bond donors (Lipinski definition) is 1. The standard InChI is InChI=1S/C14H15NOS/c1-15-17-14-6-4-3-5-13(14)11-7-9-12(16-2)10-8-11/h3-10,15H,1-2H3. The number of hydrogen-bond acceptors (Lipinski definition) is 3. The van der Waals surface area contributed by atoms with Crippen LogP contribution >= 0.6 is 11.9 Å². The van der Waals surface area contributed by atoms with E-state index in [2.05, 4.69) is 35.1 Å². The summed E-state index contributed by atoms with van der Waals surface area (Å²) < 4.78 is 8.27. The van der Waals surface area contributed by atoms with Crippen molar-refractivity contribution in [3.63, 3.8) is 0 Å². The molecule has 1 N–H and O–H groups in total. The third-order valence-corrected chi connectivity index (χ3v) is 3.28.